The van der Waals surface area contributed by atoms with Gasteiger partial charge in [0, 0.05) is 19.0 Å². The maximum Gasteiger partial charge on any atom is 0.222 e. The fourth-order valence-electron chi connectivity index (χ4n) is 4.65. The number of fused-ring (bicyclic) bond motifs is 1. The third-order valence-electron chi connectivity index (χ3n) is 5.24. The second-order valence-electron chi connectivity index (χ2n) is 6.68. The summed E-state index contributed by atoms with van der Waals surface area (Å²) in [5.74, 6) is 3.10. The lowest BCUT2D eigenvalue weighted by Gasteiger charge is -2.39. The first-order valence-electron chi connectivity index (χ1n) is 7.70. The molecule has 110 valence electrons. The minimum absolute atomic E-state index is 0. The van der Waals surface area contributed by atoms with Crippen molar-refractivity contribution in [3.63, 3.8) is 0 Å². The molecule has 2 saturated carbocycles. The largest absolute Gasteiger partial charge is 0.339 e. The molecule has 4 fully saturated rings. The van der Waals surface area contributed by atoms with Crippen molar-refractivity contribution in [2.24, 2.45) is 17.8 Å². The summed E-state index contributed by atoms with van der Waals surface area (Å²) in [6.07, 6.45) is 8.56. The van der Waals surface area contributed by atoms with Crippen molar-refractivity contribution >= 4 is 18.3 Å². The lowest BCUT2D eigenvalue weighted by atomic mass is 9.68. The topological polar surface area (TPSA) is 32.3 Å². The van der Waals surface area contributed by atoms with Crippen LogP contribution in [0.25, 0.3) is 0 Å². The van der Waals surface area contributed by atoms with Gasteiger partial charge in [-0.05, 0) is 69.9 Å². The van der Waals surface area contributed by atoms with Gasteiger partial charge in [0.15, 0.2) is 0 Å². The molecule has 19 heavy (non-hydrogen) atoms. The van der Waals surface area contributed by atoms with Gasteiger partial charge < -0.3 is 10.2 Å². The normalized spacial score (nSPS) is 35.9. The SMILES string of the molecule is CNCCCC(=O)N1CC2CC3CC(C2)CC1C3.Cl. The van der Waals surface area contributed by atoms with Gasteiger partial charge in [0.05, 0.1) is 0 Å². The van der Waals surface area contributed by atoms with Crippen molar-refractivity contribution in [1.29, 1.82) is 0 Å². The van der Waals surface area contributed by atoms with Crippen molar-refractivity contribution in [3.05, 3.63) is 0 Å². The van der Waals surface area contributed by atoms with Crippen LogP contribution >= 0.6 is 12.4 Å². The van der Waals surface area contributed by atoms with E-state index >= 15 is 0 Å². The highest BCUT2D eigenvalue weighted by molar-refractivity contribution is 5.85. The Hall–Kier alpha value is -0.280. The van der Waals surface area contributed by atoms with Gasteiger partial charge in [0.25, 0.3) is 0 Å². The molecule has 0 aromatic carbocycles. The number of amides is 1. The molecule has 3 nitrogen and oxygen atoms in total. The van der Waals surface area contributed by atoms with Gasteiger partial charge in [-0.3, -0.25) is 4.79 Å². The number of hydrogen-bond acceptors (Lipinski definition) is 2. The maximum absolute atomic E-state index is 12.4. The van der Waals surface area contributed by atoms with Crippen molar-refractivity contribution in [2.45, 2.75) is 51.0 Å². The van der Waals surface area contributed by atoms with Crippen LogP contribution in [0.1, 0.15) is 44.9 Å². The first-order chi connectivity index (χ1) is 8.76. The Kier molecular flexibility index (Phi) is 5.13. The molecule has 0 spiro atoms. The predicted molar refractivity (Wildman–Crippen MR) is 79.5 cm³/mol. The molecule has 2 unspecified atom stereocenters. The number of rotatable bonds is 4. The van der Waals surface area contributed by atoms with Crippen LogP contribution < -0.4 is 5.32 Å². The lowest BCUT2D eigenvalue weighted by molar-refractivity contribution is -0.134. The fraction of sp³-hybridized carbons (Fsp3) is 0.933. The van der Waals surface area contributed by atoms with Gasteiger partial charge >= 0.3 is 0 Å². The first kappa shape index (κ1) is 15.1. The number of hydrogen-bond donors (Lipinski definition) is 1. The van der Waals surface area contributed by atoms with Crippen LogP contribution in [0.15, 0.2) is 0 Å². The van der Waals surface area contributed by atoms with E-state index in [1.54, 1.807) is 0 Å². The van der Waals surface area contributed by atoms with Crippen molar-refractivity contribution in [1.82, 2.24) is 10.2 Å². The smallest absolute Gasteiger partial charge is 0.222 e. The fourth-order valence-corrected chi connectivity index (χ4v) is 4.65. The van der Waals surface area contributed by atoms with Gasteiger partial charge in [-0.1, -0.05) is 0 Å². The maximum atomic E-state index is 12.4. The Bertz CT molecular complexity index is 309. The molecule has 2 saturated heterocycles. The monoisotopic (exact) mass is 286 g/mol. The average Bonchev–Trinajstić information content (AvgIpc) is 2.53. The van der Waals surface area contributed by atoms with Gasteiger partial charge in [0.1, 0.15) is 0 Å². The minimum Gasteiger partial charge on any atom is -0.339 e. The Morgan fingerprint density at radius 1 is 1.11 bits per heavy atom. The van der Waals surface area contributed by atoms with Crippen molar-refractivity contribution in [3.8, 4) is 0 Å². The summed E-state index contributed by atoms with van der Waals surface area (Å²) in [4.78, 5) is 14.7. The quantitative estimate of drug-likeness (QED) is 0.805. The van der Waals surface area contributed by atoms with Gasteiger partial charge in [-0.15, -0.1) is 12.4 Å². The highest BCUT2D eigenvalue weighted by Gasteiger charge is 2.43. The Morgan fingerprint density at radius 3 is 2.37 bits per heavy atom. The third-order valence-corrected chi connectivity index (χ3v) is 5.24. The standard InChI is InChI=1S/C15H26N2O.ClH/c1-16-4-2-3-15(18)17-10-13-6-11-5-12(7-13)9-14(17)8-11;/h11-14,16H,2-10H2,1H3;1H. The summed E-state index contributed by atoms with van der Waals surface area (Å²) in [5, 5.41) is 3.13. The molecule has 4 bridgehead atoms. The molecule has 2 aliphatic carbocycles. The zero-order valence-electron chi connectivity index (χ0n) is 11.9. The van der Waals surface area contributed by atoms with Crippen LogP contribution in [-0.4, -0.2) is 37.0 Å². The van der Waals surface area contributed by atoms with E-state index in [9.17, 15) is 4.79 Å². The molecule has 4 rings (SSSR count). The molecule has 2 aliphatic heterocycles. The summed E-state index contributed by atoms with van der Waals surface area (Å²) in [6.45, 7) is 2.02. The molecule has 2 heterocycles. The molecular weight excluding hydrogens is 260 g/mol. The van der Waals surface area contributed by atoms with Gasteiger partial charge in [-0.25, -0.2) is 0 Å². The zero-order valence-corrected chi connectivity index (χ0v) is 12.8. The predicted octanol–water partition coefficient (Wildman–Crippen LogP) is 2.44. The zero-order chi connectivity index (χ0) is 12.5. The number of carbonyl (C=O) groups is 1. The second-order valence-corrected chi connectivity index (χ2v) is 6.68. The molecular formula is C15H27ClN2O. The summed E-state index contributed by atoms with van der Waals surface area (Å²) in [5.41, 5.74) is 0. The molecule has 4 aliphatic rings. The first-order valence-corrected chi connectivity index (χ1v) is 7.70. The van der Waals surface area contributed by atoms with Gasteiger partial charge in [-0.2, -0.15) is 0 Å². The van der Waals surface area contributed by atoms with Crippen LogP contribution in [0.4, 0.5) is 0 Å². The summed E-state index contributed by atoms with van der Waals surface area (Å²) in [7, 11) is 1.96. The van der Waals surface area contributed by atoms with Crippen LogP contribution in [0.2, 0.25) is 0 Å². The molecule has 0 aromatic heterocycles. The summed E-state index contributed by atoms with van der Waals surface area (Å²) < 4.78 is 0. The number of carbonyl (C=O) groups excluding carboxylic acids is 1. The summed E-state index contributed by atoms with van der Waals surface area (Å²) in [6, 6.07) is 0.586. The van der Waals surface area contributed by atoms with Gasteiger partial charge in [0.2, 0.25) is 5.91 Å². The van der Waals surface area contributed by atoms with E-state index < -0.39 is 0 Å². The highest BCUT2D eigenvalue weighted by Crippen LogP contribution is 2.47. The van der Waals surface area contributed by atoms with E-state index in [0.29, 0.717) is 11.9 Å². The van der Waals surface area contributed by atoms with Crippen LogP contribution in [-0.2, 0) is 4.79 Å². The molecule has 0 radical (unpaired) electrons. The van der Waals surface area contributed by atoms with E-state index in [2.05, 4.69) is 10.2 Å². The van der Waals surface area contributed by atoms with E-state index in [1.807, 2.05) is 7.05 Å². The third kappa shape index (κ3) is 3.25. The Morgan fingerprint density at radius 2 is 1.74 bits per heavy atom. The van der Waals surface area contributed by atoms with Crippen LogP contribution in [0.3, 0.4) is 0 Å². The molecule has 4 heteroatoms. The Balaban J connectivity index is 0.00000133. The van der Waals surface area contributed by atoms with E-state index in [-0.39, 0.29) is 12.4 Å². The van der Waals surface area contributed by atoms with E-state index in [4.69, 9.17) is 0 Å². The number of nitrogens with zero attached hydrogens (tertiary/aromatic N) is 1. The lowest BCUT2D eigenvalue weighted by Crippen LogP contribution is -2.42. The highest BCUT2D eigenvalue weighted by atomic mass is 35.5. The van der Waals surface area contributed by atoms with E-state index in [0.717, 1.165) is 43.7 Å². The molecule has 0 aromatic rings. The second kappa shape index (κ2) is 6.45. The average molecular weight is 287 g/mol. The molecule has 1 amide bonds. The number of nitrogens with one attached hydrogen (secondary N) is 1. The Labute approximate surface area is 122 Å². The molecule has 1 N–H and O–H groups in total. The summed E-state index contributed by atoms with van der Waals surface area (Å²) >= 11 is 0. The van der Waals surface area contributed by atoms with Crippen molar-refractivity contribution < 1.29 is 4.79 Å². The van der Waals surface area contributed by atoms with Crippen LogP contribution in [0.5, 0.6) is 0 Å². The number of halogens is 1. The van der Waals surface area contributed by atoms with Crippen molar-refractivity contribution in [2.75, 3.05) is 20.1 Å². The van der Waals surface area contributed by atoms with E-state index in [1.165, 1.54) is 32.1 Å². The minimum atomic E-state index is 0. The molecule has 2 atom stereocenters. The van der Waals surface area contributed by atoms with Crippen LogP contribution in [0, 0.1) is 17.8 Å².